The van der Waals surface area contributed by atoms with Crippen molar-refractivity contribution in [1.29, 1.82) is 5.26 Å². The largest absolute Gasteiger partial charge is 0.382 e. The number of nitrogens with two attached hydrogens (primary N) is 1. The molecule has 1 aromatic heterocycles. The van der Waals surface area contributed by atoms with Gasteiger partial charge < -0.3 is 11.1 Å². The van der Waals surface area contributed by atoms with Crippen molar-refractivity contribution in [2.45, 2.75) is 0 Å². The minimum absolute atomic E-state index is 0.136. The highest BCUT2D eigenvalue weighted by molar-refractivity contribution is 6.03. The number of nitrogens with zero attached hydrogens (tertiary/aromatic N) is 3. The van der Waals surface area contributed by atoms with Crippen molar-refractivity contribution in [2.75, 3.05) is 11.1 Å². The highest BCUT2D eigenvalue weighted by Gasteiger charge is 2.10. The Balaban J connectivity index is 2.22. The molecule has 0 spiro atoms. The Morgan fingerprint density at radius 1 is 1.28 bits per heavy atom. The minimum atomic E-state index is -0.440. The van der Waals surface area contributed by atoms with Gasteiger partial charge in [0.15, 0.2) is 0 Å². The summed E-state index contributed by atoms with van der Waals surface area (Å²) in [6.07, 6.45) is 2.57. The van der Waals surface area contributed by atoms with E-state index in [4.69, 9.17) is 11.0 Å². The van der Waals surface area contributed by atoms with Crippen molar-refractivity contribution in [1.82, 2.24) is 9.97 Å². The minimum Gasteiger partial charge on any atom is -0.382 e. The second-order valence-electron chi connectivity index (χ2n) is 3.44. The van der Waals surface area contributed by atoms with E-state index in [0.717, 1.165) is 0 Å². The van der Waals surface area contributed by atoms with Gasteiger partial charge in [0.25, 0.3) is 5.91 Å². The quantitative estimate of drug-likeness (QED) is 0.818. The molecular weight excluding hydrogens is 230 g/mol. The van der Waals surface area contributed by atoms with Crippen LogP contribution in [-0.4, -0.2) is 15.9 Å². The van der Waals surface area contributed by atoms with Crippen LogP contribution >= 0.6 is 0 Å². The molecule has 1 amide bonds. The molecule has 3 N–H and O–H groups in total. The first-order chi connectivity index (χ1) is 8.70. The summed E-state index contributed by atoms with van der Waals surface area (Å²) < 4.78 is 0. The van der Waals surface area contributed by atoms with Crippen LogP contribution in [0.3, 0.4) is 0 Å². The number of carbonyl (C=O) groups is 1. The van der Waals surface area contributed by atoms with Crippen LogP contribution in [0.5, 0.6) is 0 Å². The zero-order chi connectivity index (χ0) is 13.0. The summed E-state index contributed by atoms with van der Waals surface area (Å²) in [5, 5.41) is 11.5. The van der Waals surface area contributed by atoms with Gasteiger partial charge in [-0.05, 0) is 12.1 Å². The summed E-state index contributed by atoms with van der Waals surface area (Å²) in [4.78, 5) is 19.5. The first-order valence-corrected chi connectivity index (χ1v) is 5.08. The van der Waals surface area contributed by atoms with Crippen molar-refractivity contribution >= 4 is 17.4 Å². The summed E-state index contributed by atoms with van der Waals surface area (Å²) in [7, 11) is 0. The third kappa shape index (κ3) is 2.41. The van der Waals surface area contributed by atoms with Crippen LogP contribution in [0.15, 0.2) is 36.7 Å². The fourth-order valence-corrected chi connectivity index (χ4v) is 1.33. The number of hydrogen-bond donors (Lipinski definition) is 2. The van der Waals surface area contributed by atoms with Crippen molar-refractivity contribution in [3.8, 4) is 6.07 Å². The number of para-hydroxylation sites is 1. The molecule has 0 fully saturated rings. The average molecular weight is 239 g/mol. The lowest BCUT2D eigenvalue weighted by Crippen LogP contribution is -2.15. The van der Waals surface area contributed by atoms with Crippen LogP contribution < -0.4 is 11.1 Å². The van der Waals surface area contributed by atoms with Gasteiger partial charge in [0, 0.05) is 0 Å². The smallest absolute Gasteiger partial charge is 0.275 e. The van der Waals surface area contributed by atoms with Crippen LogP contribution in [0.1, 0.15) is 16.1 Å². The summed E-state index contributed by atoms with van der Waals surface area (Å²) in [6.45, 7) is 0. The van der Waals surface area contributed by atoms with E-state index in [1.54, 1.807) is 24.3 Å². The Bertz CT molecular complexity index is 615. The lowest BCUT2D eigenvalue weighted by atomic mass is 10.2. The van der Waals surface area contributed by atoms with E-state index >= 15 is 0 Å². The fraction of sp³-hybridized carbons (Fsp3) is 0. The monoisotopic (exact) mass is 239 g/mol. The van der Waals surface area contributed by atoms with Gasteiger partial charge in [0.1, 0.15) is 17.6 Å². The molecule has 0 aliphatic rings. The molecule has 18 heavy (non-hydrogen) atoms. The van der Waals surface area contributed by atoms with E-state index in [0.29, 0.717) is 11.3 Å². The number of nitrogen functional groups attached to an aromatic ring is 1. The molecule has 1 aromatic carbocycles. The third-order valence-corrected chi connectivity index (χ3v) is 2.20. The van der Waals surface area contributed by atoms with E-state index in [1.807, 2.05) is 6.07 Å². The highest BCUT2D eigenvalue weighted by atomic mass is 16.1. The molecule has 0 saturated carbocycles. The van der Waals surface area contributed by atoms with Gasteiger partial charge >= 0.3 is 0 Å². The van der Waals surface area contributed by atoms with Gasteiger partial charge in [-0.1, -0.05) is 12.1 Å². The zero-order valence-electron chi connectivity index (χ0n) is 9.29. The van der Waals surface area contributed by atoms with E-state index in [9.17, 15) is 4.79 Å². The van der Waals surface area contributed by atoms with E-state index in [2.05, 4.69) is 15.3 Å². The van der Waals surface area contributed by atoms with Crippen LogP contribution in [0.2, 0.25) is 0 Å². The van der Waals surface area contributed by atoms with Crippen molar-refractivity contribution in [2.24, 2.45) is 0 Å². The molecule has 0 unspecified atom stereocenters. The van der Waals surface area contributed by atoms with Gasteiger partial charge in [-0.15, -0.1) is 0 Å². The maximum atomic E-state index is 11.8. The number of aromatic nitrogens is 2. The summed E-state index contributed by atoms with van der Waals surface area (Å²) in [6, 6.07) is 8.69. The van der Waals surface area contributed by atoms with Crippen LogP contribution in [0.25, 0.3) is 0 Å². The van der Waals surface area contributed by atoms with Crippen LogP contribution in [-0.2, 0) is 0 Å². The molecule has 0 saturated heterocycles. The van der Waals surface area contributed by atoms with E-state index in [1.165, 1.54) is 12.4 Å². The molecule has 0 aliphatic heterocycles. The summed E-state index contributed by atoms with van der Waals surface area (Å²) in [5.41, 5.74) is 6.33. The molecule has 1 heterocycles. The summed E-state index contributed by atoms with van der Waals surface area (Å²) in [5.74, 6) is -0.200. The van der Waals surface area contributed by atoms with Crippen LogP contribution in [0.4, 0.5) is 11.5 Å². The Kier molecular flexibility index (Phi) is 3.16. The standard InChI is InChI=1S/C12H9N5O/c13-5-8-3-1-2-4-9(8)17-12(18)10-6-16-11(14)7-15-10/h1-4,6-7H,(H2,14,16)(H,17,18). The van der Waals surface area contributed by atoms with Gasteiger partial charge in [0.05, 0.1) is 23.6 Å². The SMILES string of the molecule is N#Cc1ccccc1NC(=O)c1cnc(N)cn1. The molecular formula is C12H9N5O. The van der Waals surface area contributed by atoms with Crippen molar-refractivity contribution in [3.05, 3.63) is 47.9 Å². The Labute approximate surface area is 103 Å². The van der Waals surface area contributed by atoms with Gasteiger partial charge in [0.2, 0.25) is 0 Å². The van der Waals surface area contributed by atoms with Crippen molar-refractivity contribution < 1.29 is 4.79 Å². The van der Waals surface area contributed by atoms with Crippen molar-refractivity contribution in [3.63, 3.8) is 0 Å². The third-order valence-electron chi connectivity index (χ3n) is 2.20. The number of carbonyl (C=O) groups excluding carboxylic acids is 1. The lowest BCUT2D eigenvalue weighted by Gasteiger charge is -2.05. The molecule has 0 aliphatic carbocycles. The molecule has 88 valence electrons. The number of nitrogens with one attached hydrogen (secondary N) is 1. The maximum absolute atomic E-state index is 11.8. The zero-order valence-corrected chi connectivity index (χ0v) is 9.29. The number of amides is 1. The molecule has 6 nitrogen and oxygen atoms in total. The molecule has 2 rings (SSSR count). The molecule has 2 aromatic rings. The maximum Gasteiger partial charge on any atom is 0.275 e. The first kappa shape index (κ1) is 11.5. The number of hydrogen-bond acceptors (Lipinski definition) is 5. The normalized spacial score (nSPS) is 9.50. The highest BCUT2D eigenvalue weighted by Crippen LogP contribution is 2.14. The molecule has 0 bridgehead atoms. The number of rotatable bonds is 2. The Morgan fingerprint density at radius 3 is 2.72 bits per heavy atom. The molecule has 6 heteroatoms. The average Bonchev–Trinajstić information content (AvgIpc) is 2.40. The van der Waals surface area contributed by atoms with Crippen LogP contribution in [0, 0.1) is 11.3 Å². The second-order valence-corrected chi connectivity index (χ2v) is 3.44. The lowest BCUT2D eigenvalue weighted by molar-refractivity contribution is 0.102. The number of benzene rings is 1. The Morgan fingerprint density at radius 2 is 2.06 bits per heavy atom. The van der Waals surface area contributed by atoms with Gasteiger partial charge in [-0.3, -0.25) is 4.79 Å². The van der Waals surface area contributed by atoms with E-state index < -0.39 is 5.91 Å². The second kappa shape index (κ2) is 4.93. The number of nitriles is 1. The summed E-state index contributed by atoms with van der Waals surface area (Å²) >= 11 is 0. The predicted molar refractivity (Wildman–Crippen MR) is 65.6 cm³/mol. The van der Waals surface area contributed by atoms with Gasteiger partial charge in [-0.25, -0.2) is 9.97 Å². The first-order valence-electron chi connectivity index (χ1n) is 5.08. The Hall–Kier alpha value is -2.94. The topological polar surface area (TPSA) is 105 Å². The van der Waals surface area contributed by atoms with Gasteiger partial charge in [-0.2, -0.15) is 5.26 Å². The number of anilines is 2. The van der Waals surface area contributed by atoms with E-state index in [-0.39, 0.29) is 11.5 Å². The molecule has 0 radical (unpaired) electrons. The molecule has 0 atom stereocenters. The fourth-order valence-electron chi connectivity index (χ4n) is 1.33. The predicted octanol–water partition coefficient (Wildman–Crippen LogP) is 1.18.